The summed E-state index contributed by atoms with van der Waals surface area (Å²) in [6, 6.07) is 15.8. The van der Waals surface area contributed by atoms with E-state index in [0.717, 1.165) is 40.2 Å². The maximum absolute atomic E-state index is 13.6. The number of carbonyl (C=O) groups is 2. The number of ether oxygens (including phenoxy) is 1. The number of esters is 1. The molecule has 1 spiro atoms. The molecule has 1 saturated heterocycles. The smallest absolute Gasteiger partial charge is 0.339 e. The first-order valence-corrected chi connectivity index (χ1v) is 11.5. The van der Waals surface area contributed by atoms with Gasteiger partial charge in [0.15, 0.2) is 5.60 Å². The summed E-state index contributed by atoms with van der Waals surface area (Å²) < 4.78 is 5.83. The van der Waals surface area contributed by atoms with E-state index >= 15 is 0 Å². The first-order chi connectivity index (χ1) is 15.0. The Kier molecular flexibility index (Phi) is 3.93. The number of aryl methyl sites for hydroxylation is 1. The molecule has 5 nitrogen and oxygen atoms in total. The zero-order chi connectivity index (χ0) is 21.2. The van der Waals surface area contributed by atoms with Gasteiger partial charge in [-0.1, -0.05) is 42.5 Å². The van der Waals surface area contributed by atoms with Crippen LogP contribution in [0.1, 0.15) is 45.8 Å². The number of thiazole rings is 1. The van der Waals surface area contributed by atoms with Crippen molar-refractivity contribution in [2.45, 2.75) is 37.2 Å². The lowest BCUT2D eigenvalue weighted by Gasteiger charge is -2.27. The molecule has 1 aliphatic carbocycles. The summed E-state index contributed by atoms with van der Waals surface area (Å²) in [6.45, 7) is 3.05. The topological polar surface area (TPSA) is 59.5 Å². The molecule has 1 unspecified atom stereocenters. The maximum atomic E-state index is 13.6. The molecule has 3 aliphatic rings. The Hall–Kier alpha value is -2.99. The molecule has 2 aliphatic heterocycles. The SMILES string of the molecule is Cc1nc(-c2ccc(C3(C(=O)N4CCC5(C4)OC(=O)c4ccccc45)CC3)cc2)cs1. The highest BCUT2D eigenvalue weighted by molar-refractivity contribution is 7.09. The molecular formula is C25H22N2O3S. The Balaban J connectivity index is 1.25. The third-order valence-corrected chi connectivity index (χ3v) is 7.73. The van der Waals surface area contributed by atoms with Gasteiger partial charge >= 0.3 is 5.97 Å². The van der Waals surface area contributed by atoms with Crippen LogP contribution in [0.5, 0.6) is 0 Å². The number of amides is 1. The zero-order valence-electron chi connectivity index (χ0n) is 17.3. The fourth-order valence-corrected chi connectivity index (χ4v) is 5.74. The molecule has 2 aromatic carbocycles. The summed E-state index contributed by atoms with van der Waals surface area (Å²) >= 11 is 1.64. The van der Waals surface area contributed by atoms with Crippen LogP contribution in [0.15, 0.2) is 53.9 Å². The van der Waals surface area contributed by atoms with Gasteiger partial charge in [-0.25, -0.2) is 9.78 Å². The number of rotatable bonds is 3. The van der Waals surface area contributed by atoms with Crippen LogP contribution in [0.4, 0.5) is 0 Å². The Morgan fingerprint density at radius 3 is 2.58 bits per heavy atom. The van der Waals surface area contributed by atoms with Crippen LogP contribution >= 0.6 is 11.3 Å². The van der Waals surface area contributed by atoms with Crippen LogP contribution in [-0.4, -0.2) is 34.8 Å². The van der Waals surface area contributed by atoms with Crippen molar-refractivity contribution in [3.63, 3.8) is 0 Å². The number of benzene rings is 2. The summed E-state index contributed by atoms with van der Waals surface area (Å²) in [5, 5.41) is 3.11. The highest BCUT2D eigenvalue weighted by Crippen LogP contribution is 2.52. The molecular weight excluding hydrogens is 408 g/mol. The molecule has 1 saturated carbocycles. The van der Waals surface area contributed by atoms with E-state index in [1.54, 1.807) is 11.3 Å². The molecule has 0 N–H and O–H groups in total. The van der Waals surface area contributed by atoms with E-state index in [0.29, 0.717) is 25.1 Å². The zero-order valence-corrected chi connectivity index (χ0v) is 18.1. The van der Waals surface area contributed by atoms with Crippen LogP contribution in [0.2, 0.25) is 0 Å². The van der Waals surface area contributed by atoms with Gasteiger partial charge in [0.25, 0.3) is 0 Å². The summed E-state index contributed by atoms with van der Waals surface area (Å²) in [6.07, 6.45) is 2.38. The molecule has 2 fully saturated rings. The molecule has 156 valence electrons. The number of fused-ring (bicyclic) bond motifs is 2. The van der Waals surface area contributed by atoms with Gasteiger partial charge in [-0.3, -0.25) is 4.79 Å². The third-order valence-electron chi connectivity index (χ3n) is 6.96. The Morgan fingerprint density at radius 2 is 1.87 bits per heavy atom. The highest BCUT2D eigenvalue weighted by Gasteiger charge is 2.57. The molecule has 0 bridgehead atoms. The average Bonchev–Trinajstić information content (AvgIpc) is 3.17. The fourth-order valence-electron chi connectivity index (χ4n) is 5.11. The van der Waals surface area contributed by atoms with E-state index in [1.165, 1.54) is 0 Å². The second-order valence-electron chi connectivity index (χ2n) is 8.82. The summed E-state index contributed by atoms with van der Waals surface area (Å²) in [5.41, 5.74) is 3.54. The van der Waals surface area contributed by atoms with Crippen LogP contribution in [0, 0.1) is 6.92 Å². The van der Waals surface area contributed by atoms with E-state index in [9.17, 15) is 9.59 Å². The Labute approximate surface area is 184 Å². The van der Waals surface area contributed by atoms with Crippen LogP contribution in [0.25, 0.3) is 11.3 Å². The first kappa shape index (κ1) is 18.8. The average molecular weight is 431 g/mol. The van der Waals surface area contributed by atoms with E-state index in [-0.39, 0.29) is 11.9 Å². The van der Waals surface area contributed by atoms with Crippen molar-refractivity contribution >= 4 is 23.2 Å². The van der Waals surface area contributed by atoms with Gasteiger partial charge in [-0.2, -0.15) is 0 Å². The summed E-state index contributed by atoms with van der Waals surface area (Å²) in [5.74, 6) is -0.124. The highest BCUT2D eigenvalue weighted by atomic mass is 32.1. The van der Waals surface area contributed by atoms with Crippen molar-refractivity contribution in [1.82, 2.24) is 9.88 Å². The van der Waals surface area contributed by atoms with Gasteiger partial charge in [0.1, 0.15) is 0 Å². The van der Waals surface area contributed by atoms with Crippen molar-refractivity contribution in [3.05, 3.63) is 75.6 Å². The van der Waals surface area contributed by atoms with Crippen LogP contribution < -0.4 is 0 Å². The van der Waals surface area contributed by atoms with E-state index in [2.05, 4.69) is 34.6 Å². The van der Waals surface area contributed by atoms with Gasteiger partial charge in [0.2, 0.25) is 5.91 Å². The minimum Gasteiger partial charge on any atom is -0.449 e. The molecule has 6 heteroatoms. The number of hydrogen-bond acceptors (Lipinski definition) is 5. The van der Waals surface area contributed by atoms with Gasteiger partial charge in [-0.05, 0) is 31.4 Å². The predicted octanol–water partition coefficient (Wildman–Crippen LogP) is 4.45. The van der Waals surface area contributed by atoms with Crippen molar-refractivity contribution < 1.29 is 14.3 Å². The van der Waals surface area contributed by atoms with Crippen LogP contribution in [0.3, 0.4) is 0 Å². The lowest BCUT2D eigenvalue weighted by molar-refractivity contribution is -0.134. The predicted molar refractivity (Wildman–Crippen MR) is 118 cm³/mol. The first-order valence-electron chi connectivity index (χ1n) is 10.7. The molecule has 1 atom stereocenters. The largest absolute Gasteiger partial charge is 0.449 e. The lowest BCUT2D eigenvalue weighted by atomic mass is 9.91. The number of carbonyl (C=O) groups excluding carboxylic acids is 2. The Morgan fingerprint density at radius 1 is 1.10 bits per heavy atom. The summed E-state index contributed by atoms with van der Waals surface area (Å²) in [7, 11) is 0. The monoisotopic (exact) mass is 430 g/mol. The normalized spacial score (nSPS) is 23.1. The molecule has 1 amide bonds. The summed E-state index contributed by atoms with van der Waals surface area (Å²) in [4.78, 5) is 32.4. The van der Waals surface area contributed by atoms with Crippen LogP contribution in [-0.2, 0) is 20.5 Å². The third kappa shape index (κ3) is 2.78. The molecule has 6 rings (SSSR count). The second kappa shape index (κ2) is 6.50. The van der Waals surface area contributed by atoms with Gasteiger partial charge in [0.05, 0.1) is 28.2 Å². The fraction of sp³-hybridized carbons (Fsp3) is 0.320. The van der Waals surface area contributed by atoms with Gasteiger partial charge in [-0.15, -0.1) is 11.3 Å². The lowest BCUT2D eigenvalue weighted by Crippen LogP contribution is -2.40. The van der Waals surface area contributed by atoms with Crippen molar-refractivity contribution in [3.8, 4) is 11.3 Å². The number of nitrogens with zero attached hydrogens (tertiary/aromatic N) is 2. The van der Waals surface area contributed by atoms with Crippen molar-refractivity contribution in [2.24, 2.45) is 0 Å². The standard InChI is InChI=1S/C25H22N2O3S/c1-16-26-21(14-31-16)17-6-8-18(9-7-17)24(10-11-24)23(29)27-13-12-25(15-27)20-5-3-2-4-19(20)22(28)30-25/h2-9,14H,10-13,15H2,1H3. The molecule has 3 aromatic rings. The quantitative estimate of drug-likeness (QED) is 0.576. The number of aromatic nitrogens is 1. The van der Waals surface area contributed by atoms with Gasteiger partial charge < -0.3 is 9.64 Å². The van der Waals surface area contributed by atoms with Crippen molar-refractivity contribution in [2.75, 3.05) is 13.1 Å². The molecule has 31 heavy (non-hydrogen) atoms. The van der Waals surface area contributed by atoms with Gasteiger partial charge in [0, 0.05) is 29.5 Å². The minimum atomic E-state index is -0.689. The van der Waals surface area contributed by atoms with Crippen molar-refractivity contribution in [1.29, 1.82) is 0 Å². The second-order valence-corrected chi connectivity index (χ2v) is 9.88. The van der Waals surface area contributed by atoms with E-state index in [4.69, 9.17) is 4.74 Å². The van der Waals surface area contributed by atoms with E-state index in [1.807, 2.05) is 36.1 Å². The molecule has 0 radical (unpaired) electrons. The maximum Gasteiger partial charge on any atom is 0.339 e. The minimum absolute atomic E-state index is 0.155. The molecule has 3 heterocycles. The van der Waals surface area contributed by atoms with E-state index < -0.39 is 11.0 Å². The number of hydrogen-bond donors (Lipinski definition) is 0. The Bertz CT molecular complexity index is 1210. The number of likely N-dealkylation sites (tertiary alicyclic amines) is 1. The molecule has 1 aromatic heterocycles.